The highest BCUT2D eigenvalue weighted by atomic mass is 16.7. The Morgan fingerprint density at radius 2 is 2.24 bits per heavy atom. The van der Waals surface area contributed by atoms with Crippen LogP contribution in [0.1, 0.15) is 29.6 Å². The van der Waals surface area contributed by atoms with Gasteiger partial charge in [-0.05, 0) is 31.0 Å². The molecule has 17 heavy (non-hydrogen) atoms. The molecule has 0 spiro atoms. The first-order valence-corrected chi connectivity index (χ1v) is 5.75. The maximum Gasteiger partial charge on any atom is 0.200 e. The zero-order valence-corrected chi connectivity index (χ0v) is 9.85. The minimum atomic E-state index is -0.209. The van der Waals surface area contributed by atoms with Crippen molar-refractivity contribution in [3.05, 3.63) is 23.8 Å². The molecule has 1 aliphatic heterocycles. The molecule has 1 aliphatic rings. The van der Waals surface area contributed by atoms with Crippen LogP contribution in [0.5, 0.6) is 11.5 Å². The van der Waals surface area contributed by atoms with Gasteiger partial charge in [-0.25, -0.2) is 0 Å². The Bertz CT molecular complexity index is 383. The summed E-state index contributed by atoms with van der Waals surface area (Å²) in [6.07, 6.45) is 3.65. The van der Waals surface area contributed by atoms with Gasteiger partial charge < -0.3 is 14.2 Å². The first-order chi connectivity index (χ1) is 8.33. The zero-order valence-electron chi connectivity index (χ0n) is 9.85. The van der Waals surface area contributed by atoms with Gasteiger partial charge >= 0.3 is 0 Å². The molecule has 0 bridgehead atoms. The van der Waals surface area contributed by atoms with Crippen molar-refractivity contribution < 1.29 is 19.0 Å². The van der Waals surface area contributed by atoms with E-state index in [1.165, 1.54) is 0 Å². The number of benzene rings is 1. The molecule has 1 fully saturated rings. The molecule has 92 valence electrons. The van der Waals surface area contributed by atoms with Crippen LogP contribution in [-0.4, -0.2) is 26.3 Å². The quantitative estimate of drug-likeness (QED) is 0.753. The first kappa shape index (κ1) is 11.9. The molecule has 0 aromatic heterocycles. The summed E-state index contributed by atoms with van der Waals surface area (Å²) in [5.41, 5.74) is 0.568. The highest BCUT2D eigenvalue weighted by molar-refractivity contribution is 5.76. The summed E-state index contributed by atoms with van der Waals surface area (Å²) in [5, 5.41) is 0. The van der Waals surface area contributed by atoms with Crippen LogP contribution in [0.3, 0.4) is 0 Å². The van der Waals surface area contributed by atoms with E-state index in [0.29, 0.717) is 17.1 Å². The summed E-state index contributed by atoms with van der Waals surface area (Å²) < 4.78 is 16.4. The third-order valence-corrected chi connectivity index (χ3v) is 2.72. The second kappa shape index (κ2) is 5.68. The maximum absolute atomic E-state index is 10.7. The molecule has 1 aromatic carbocycles. The third kappa shape index (κ3) is 2.97. The Kier molecular flexibility index (Phi) is 3.98. The molecular formula is C13H16O4. The van der Waals surface area contributed by atoms with Crippen LogP contribution in [-0.2, 0) is 4.74 Å². The van der Waals surface area contributed by atoms with Crippen molar-refractivity contribution in [3.63, 3.8) is 0 Å². The van der Waals surface area contributed by atoms with Crippen molar-refractivity contribution in [1.29, 1.82) is 0 Å². The molecule has 4 nitrogen and oxygen atoms in total. The average Bonchev–Trinajstić information content (AvgIpc) is 2.40. The molecule has 1 heterocycles. The van der Waals surface area contributed by atoms with E-state index in [2.05, 4.69) is 0 Å². The SMILES string of the molecule is COc1cc(C=O)ccc1OC1CCCCO1. The van der Waals surface area contributed by atoms with E-state index in [-0.39, 0.29) is 6.29 Å². The van der Waals surface area contributed by atoms with Gasteiger partial charge in [0.15, 0.2) is 17.8 Å². The number of ether oxygens (including phenoxy) is 3. The highest BCUT2D eigenvalue weighted by Gasteiger charge is 2.17. The lowest BCUT2D eigenvalue weighted by atomic mass is 10.2. The van der Waals surface area contributed by atoms with Gasteiger partial charge in [0, 0.05) is 12.0 Å². The zero-order chi connectivity index (χ0) is 12.1. The minimum Gasteiger partial charge on any atom is -0.493 e. The van der Waals surface area contributed by atoms with Gasteiger partial charge in [-0.3, -0.25) is 4.79 Å². The molecule has 0 N–H and O–H groups in total. The highest BCUT2D eigenvalue weighted by Crippen LogP contribution is 2.30. The molecule has 1 unspecified atom stereocenters. The molecule has 0 amide bonds. The van der Waals surface area contributed by atoms with E-state index in [1.807, 2.05) is 0 Å². The predicted octanol–water partition coefficient (Wildman–Crippen LogP) is 2.41. The smallest absolute Gasteiger partial charge is 0.200 e. The molecule has 0 saturated carbocycles. The van der Waals surface area contributed by atoms with Gasteiger partial charge in [-0.1, -0.05) is 0 Å². The minimum absolute atomic E-state index is 0.209. The van der Waals surface area contributed by atoms with Crippen LogP contribution in [0.2, 0.25) is 0 Å². The Hall–Kier alpha value is -1.55. The monoisotopic (exact) mass is 236 g/mol. The average molecular weight is 236 g/mol. The topological polar surface area (TPSA) is 44.8 Å². The lowest BCUT2D eigenvalue weighted by Gasteiger charge is -2.24. The molecule has 4 heteroatoms. The van der Waals surface area contributed by atoms with Crippen molar-refractivity contribution >= 4 is 6.29 Å². The number of hydrogen-bond acceptors (Lipinski definition) is 4. The predicted molar refractivity (Wildman–Crippen MR) is 62.6 cm³/mol. The second-order valence-corrected chi connectivity index (χ2v) is 3.94. The Labute approximate surface area is 100 Å². The van der Waals surface area contributed by atoms with E-state index in [0.717, 1.165) is 32.2 Å². The van der Waals surface area contributed by atoms with Gasteiger partial charge in [-0.2, -0.15) is 0 Å². The normalized spacial score (nSPS) is 19.7. The lowest BCUT2D eigenvalue weighted by molar-refractivity contribution is -0.106. The Balaban J connectivity index is 2.10. The maximum atomic E-state index is 10.7. The fourth-order valence-corrected chi connectivity index (χ4v) is 1.80. The first-order valence-electron chi connectivity index (χ1n) is 5.75. The summed E-state index contributed by atoms with van der Waals surface area (Å²) in [4.78, 5) is 10.7. The van der Waals surface area contributed by atoms with Crippen LogP contribution in [0, 0.1) is 0 Å². The number of hydrogen-bond donors (Lipinski definition) is 0. The summed E-state index contributed by atoms with van der Waals surface area (Å²) >= 11 is 0. The summed E-state index contributed by atoms with van der Waals surface area (Å²) in [6.45, 7) is 0.736. The summed E-state index contributed by atoms with van der Waals surface area (Å²) in [7, 11) is 1.55. The number of carbonyl (C=O) groups excluding carboxylic acids is 1. The van der Waals surface area contributed by atoms with E-state index in [1.54, 1.807) is 25.3 Å². The third-order valence-electron chi connectivity index (χ3n) is 2.72. The molecule has 0 aliphatic carbocycles. The van der Waals surface area contributed by atoms with Gasteiger partial charge in [-0.15, -0.1) is 0 Å². The Morgan fingerprint density at radius 3 is 2.88 bits per heavy atom. The van der Waals surface area contributed by atoms with E-state index >= 15 is 0 Å². The van der Waals surface area contributed by atoms with Crippen molar-refractivity contribution in [1.82, 2.24) is 0 Å². The number of methoxy groups -OCH3 is 1. The van der Waals surface area contributed by atoms with Crippen molar-refractivity contribution in [3.8, 4) is 11.5 Å². The second-order valence-electron chi connectivity index (χ2n) is 3.94. The van der Waals surface area contributed by atoms with Crippen LogP contribution in [0.25, 0.3) is 0 Å². The molecule has 0 radical (unpaired) electrons. The van der Waals surface area contributed by atoms with Gasteiger partial charge in [0.05, 0.1) is 13.7 Å². The van der Waals surface area contributed by atoms with Crippen LogP contribution < -0.4 is 9.47 Å². The Morgan fingerprint density at radius 1 is 1.35 bits per heavy atom. The lowest BCUT2D eigenvalue weighted by Crippen LogP contribution is -2.25. The fraction of sp³-hybridized carbons (Fsp3) is 0.462. The van der Waals surface area contributed by atoms with Gasteiger partial charge in [0.2, 0.25) is 0 Å². The molecular weight excluding hydrogens is 220 g/mol. The molecule has 1 saturated heterocycles. The van der Waals surface area contributed by atoms with Gasteiger partial charge in [0.25, 0.3) is 0 Å². The van der Waals surface area contributed by atoms with Crippen LogP contribution >= 0.6 is 0 Å². The van der Waals surface area contributed by atoms with Crippen molar-refractivity contribution in [2.24, 2.45) is 0 Å². The van der Waals surface area contributed by atoms with E-state index in [9.17, 15) is 4.79 Å². The summed E-state index contributed by atoms with van der Waals surface area (Å²) in [6, 6.07) is 5.10. The van der Waals surface area contributed by atoms with Crippen molar-refractivity contribution in [2.75, 3.05) is 13.7 Å². The number of carbonyl (C=O) groups is 1. The summed E-state index contributed by atoms with van der Waals surface area (Å²) in [5.74, 6) is 1.17. The van der Waals surface area contributed by atoms with Crippen LogP contribution in [0.15, 0.2) is 18.2 Å². The standard InChI is InChI=1S/C13H16O4/c1-15-12-8-10(9-14)5-6-11(12)17-13-4-2-3-7-16-13/h5-6,8-9,13H,2-4,7H2,1H3. The van der Waals surface area contributed by atoms with Crippen molar-refractivity contribution in [2.45, 2.75) is 25.6 Å². The number of rotatable bonds is 4. The van der Waals surface area contributed by atoms with E-state index in [4.69, 9.17) is 14.2 Å². The van der Waals surface area contributed by atoms with Crippen LogP contribution in [0.4, 0.5) is 0 Å². The number of aldehydes is 1. The fourth-order valence-electron chi connectivity index (χ4n) is 1.80. The largest absolute Gasteiger partial charge is 0.493 e. The van der Waals surface area contributed by atoms with Gasteiger partial charge in [0.1, 0.15) is 6.29 Å². The molecule has 2 rings (SSSR count). The molecule has 1 aromatic rings. The van der Waals surface area contributed by atoms with E-state index < -0.39 is 0 Å². The molecule has 1 atom stereocenters.